The van der Waals surface area contributed by atoms with Crippen molar-refractivity contribution >= 4 is 11.8 Å². The molecule has 1 heterocycles. The minimum atomic E-state index is -0.503. The minimum absolute atomic E-state index is 0.0130. The average molecular weight is 210 g/mol. The van der Waals surface area contributed by atoms with Gasteiger partial charge in [-0.2, -0.15) is 0 Å². The second kappa shape index (κ2) is 4.77. The number of rotatable bonds is 4. The van der Waals surface area contributed by atoms with Gasteiger partial charge < -0.3 is 13.9 Å². The fraction of sp³-hybridized carbons (Fsp3) is 0.455. The highest BCUT2D eigenvalue weighted by molar-refractivity contribution is 5.86. The number of ketones is 1. The second-order valence-electron chi connectivity index (χ2n) is 3.50. The molecule has 4 heteroatoms. The molecule has 0 bridgehead atoms. The molecule has 82 valence electrons. The fourth-order valence-corrected chi connectivity index (χ4v) is 1.36. The van der Waals surface area contributed by atoms with Gasteiger partial charge in [0.25, 0.3) is 0 Å². The number of carbonyl (C=O) groups excluding carboxylic acids is 2. The van der Waals surface area contributed by atoms with Crippen LogP contribution in [0.15, 0.2) is 16.5 Å². The number of ether oxygens (including phenoxy) is 1. The first-order chi connectivity index (χ1) is 7.04. The largest absolute Gasteiger partial charge is 0.463 e. The molecule has 1 unspecified atom stereocenters. The molecule has 4 nitrogen and oxygen atoms in total. The van der Waals surface area contributed by atoms with E-state index in [4.69, 9.17) is 4.42 Å². The van der Waals surface area contributed by atoms with Crippen LogP contribution in [0.5, 0.6) is 0 Å². The molecule has 0 N–H and O–H groups in total. The lowest BCUT2D eigenvalue weighted by Crippen LogP contribution is -2.00. The molecule has 0 amide bonds. The van der Waals surface area contributed by atoms with Gasteiger partial charge in [0.1, 0.15) is 11.5 Å². The lowest BCUT2D eigenvalue weighted by Gasteiger charge is -2.04. The van der Waals surface area contributed by atoms with Crippen LogP contribution in [0.25, 0.3) is 0 Å². The van der Waals surface area contributed by atoms with E-state index < -0.39 is 5.97 Å². The molecule has 0 fully saturated rings. The van der Waals surface area contributed by atoms with Crippen molar-refractivity contribution < 1.29 is 18.7 Å². The molecule has 15 heavy (non-hydrogen) atoms. The van der Waals surface area contributed by atoms with Gasteiger partial charge in [-0.1, -0.05) is 6.92 Å². The van der Waals surface area contributed by atoms with E-state index in [1.807, 2.05) is 6.92 Å². The highest BCUT2D eigenvalue weighted by Gasteiger charge is 2.16. The van der Waals surface area contributed by atoms with Crippen molar-refractivity contribution in [1.29, 1.82) is 0 Å². The molecule has 1 rings (SSSR count). The smallest absolute Gasteiger partial charge is 0.373 e. The number of esters is 1. The average Bonchev–Trinajstić information content (AvgIpc) is 2.64. The Hall–Kier alpha value is -1.58. The zero-order chi connectivity index (χ0) is 11.4. The predicted octanol–water partition coefficient (Wildman–Crippen LogP) is 2.15. The number of carbonyl (C=O) groups is 2. The number of Topliss-reactive ketones (excluding diaryl/α,β-unsaturated/α-hetero) is 1. The Labute approximate surface area is 88.2 Å². The summed E-state index contributed by atoms with van der Waals surface area (Å²) in [7, 11) is 1.30. The summed E-state index contributed by atoms with van der Waals surface area (Å²) in [5.41, 5.74) is 0. The Bertz CT molecular complexity index is 364. The van der Waals surface area contributed by atoms with E-state index in [1.165, 1.54) is 14.0 Å². The molecule has 0 aliphatic carbocycles. The van der Waals surface area contributed by atoms with Crippen molar-refractivity contribution in [2.75, 3.05) is 7.11 Å². The van der Waals surface area contributed by atoms with Gasteiger partial charge in [0.05, 0.1) is 7.11 Å². The number of methoxy groups -OCH3 is 1. The normalized spacial score (nSPS) is 12.2. The van der Waals surface area contributed by atoms with E-state index in [0.717, 1.165) is 0 Å². The summed E-state index contributed by atoms with van der Waals surface area (Å²) >= 11 is 0. The summed E-state index contributed by atoms with van der Waals surface area (Å²) in [6.45, 7) is 3.40. The topological polar surface area (TPSA) is 56.5 Å². The summed E-state index contributed by atoms with van der Waals surface area (Å²) in [5.74, 6) is 0.379. The number of hydrogen-bond acceptors (Lipinski definition) is 4. The molecular formula is C11H14O4. The van der Waals surface area contributed by atoms with Crippen LogP contribution in [-0.2, 0) is 9.53 Å². The summed E-state index contributed by atoms with van der Waals surface area (Å²) in [4.78, 5) is 22.0. The third kappa shape index (κ3) is 2.94. The maximum atomic E-state index is 11.1. The van der Waals surface area contributed by atoms with E-state index in [2.05, 4.69) is 4.74 Å². The zero-order valence-corrected chi connectivity index (χ0v) is 9.07. The summed E-state index contributed by atoms with van der Waals surface area (Å²) in [6, 6.07) is 3.25. The summed E-state index contributed by atoms with van der Waals surface area (Å²) in [5, 5.41) is 0. The Morgan fingerprint density at radius 1 is 1.47 bits per heavy atom. The predicted molar refractivity (Wildman–Crippen MR) is 53.8 cm³/mol. The van der Waals surface area contributed by atoms with Crippen LogP contribution in [0.2, 0.25) is 0 Å². The molecule has 0 aromatic carbocycles. The zero-order valence-electron chi connectivity index (χ0n) is 9.07. The Balaban J connectivity index is 2.75. The van der Waals surface area contributed by atoms with Crippen LogP contribution in [0, 0.1) is 0 Å². The Kier molecular flexibility index (Phi) is 3.66. The highest BCUT2D eigenvalue weighted by Crippen LogP contribution is 2.22. The van der Waals surface area contributed by atoms with Gasteiger partial charge in [0, 0.05) is 12.3 Å². The number of hydrogen-bond donors (Lipinski definition) is 0. The van der Waals surface area contributed by atoms with Crippen LogP contribution in [0.3, 0.4) is 0 Å². The quantitative estimate of drug-likeness (QED) is 0.714. The molecule has 0 saturated heterocycles. The van der Waals surface area contributed by atoms with E-state index in [-0.39, 0.29) is 17.5 Å². The first-order valence-electron chi connectivity index (χ1n) is 4.72. The maximum absolute atomic E-state index is 11.1. The van der Waals surface area contributed by atoms with Crippen molar-refractivity contribution in [2.24, 2.45) is 0 Å². The first kappa shape index (κ1) is 11.5. The van der Waals surface area contributed by atoms with Gasteiger partial charge >= 0.3 is 5.97 Å². The van der Waals surface area contributed by atoms with E-state index >= 15 is 0 Å². The van der Waals surface area contributed by atoms with Crippen LogP contribution >= 0.6 is 0 Å². The van der Waals surface area contributed by atoms with E-state index in [9.17, 15) is 9.59 Å². The van der Waals surface area contributed by atoms with Gasteiger partial charge in [-0.15, -0.1) is 0 Å². The second-order valence-corrected chi connectivity index (χ2v) is 3.50. The van der Waals surface area contributed by atoms with Gasteiger partial charge in [0.15, 0.2) is 0 Å². The summed E-state index contributed by atoms with van der Waals surface area (Å²) in [6.07, 6.45) is 0.411. The van der Waals surface area contributed by atoms with Crippen molar-refractivity contribution in [2.45, 2.75) is 26.2 Å². The molecule has 0 aliphatic heterocycles. The molecule has 1 aromatic rings. The highest BCUT2D eigenvalue weighted by atomic mass is 16.5. The van der Waals surface area contributed by atoms with Crippen LogP contribution in [0.1, 0.15) is 42.5 Å². The molecule has 0 aliphatic rings. The molecule has 0 radical (unpaired) electrons. The summed E-state index contributed by atoms with van der Waals surface area (Å²) < 4.78 is 9.78. The minimum Gasteiger partial charge on any atom is -0.463 e. The van der Waals surface area contributed by atoms with E-state index in [0.29, 0.717) is 12.2 Å². The fourth-order valence-electron chi connectivity index (χ4n) is 1.36. The Morgan fingerprint density at radius 2 is 2.13 bits per heavy atom. The molecular weight excluding hydrogens is 196 g/mol. The van der Waals surface area contributed by atoms with Crippen LogP contribution in [-0.4, -0.2) is 18.9 Å². The van der Waals surface area contributed by atoms with Crippen LogP contribution < -0.4 is 0 Å². The van der Waals surface area contributed by atoms with Gasteiger partial charge in [-0.05, 0) is 19.1 Å². The monoisotopic (exact) mass is 210 g/mol. The third-order valence-corrected chi connectivity index (χ3v) is 2.09. The number of furan rings is 1. The van der Waals surface area contributed by atoms with Crippen molar-refractivity contribution in [3.05, 3.63) is 23.7 Å². The molecule has 1 aromatic heterocycles. The lowest BCUT2D eigenvalue weighted by molar-refractivity contribution is -0.117. The van der Waals surface area contributed by atoms with Gasteiger partial charge in [0.2, 0.25) is 5.76 Å². The molecule has 1 atom stereocenters. The molecule has 0 spiro atoms. The Morgan fingerprint density at radius 3 is 2.67 bits per heavy atom. The van der Waals surface area contributed by atoms with Crippen LogP contribution in [0.4, 0.5) is 0 Å². The van der Waals surface area contributed by atoms with Gasteiger partial charge in [-0.3, -0.25) is 0 Å². The van der Waals surface area contributed by atoms with Crippen molar-refractivity contribution in [3.63, 3.8) is 0 Å². The van der Waals surface area contributed by atoms with Crippen molar-refractivity contribution in [1.82, 2.24) is 0 Å². The van der Waals surface area contributed by atoms with Crippen molar-refractivity contribution in [3.8, 4) is 0 Å². The maximum Gasteiger partial charge on any atom is 0.373 e. The first-order valence-corrected chi connectivity index (χ1v) is 4.72. The molecule has 0 saturated carbocycles. The standard InChI is InChI=1S/C11H14O4/c1-7(6-8(2)12)9-4-5-10(15-9)11(13)14-3/h4-5,7H,6H2,1-3H3. The third-order valence-electron chi connectivity index (χ3n) is 2.09. The van der Waals surface area contributed by atoms with E-state index in [1.54, 1.807) is 12.1 Å². The van der Waals surface area contributed by atoms with Gasteiger partial charge in [-0.25, -0.2) is 4.79 Å². The lowest BCUT2D eigenvalue weighted by atomic mass is 10.0. The SMILES string of the molecule is COC(=O)c1ccc(C(C)CC(C)=O)o1.